The molecular formula is C15H22N4O2. The van der Waals surface area contributed by atoms with Gasteiger partial charge in [-0.15, -0.1) is 0 Å². The van der Waals surface area contributed by atoms with Crippen LogP contribution in [0.3, 0.4) is 0 Å². The van der Waals surface area contributed by atoms with Crippen molar-refractivity contribution in [3.05, 3.63) is 35.2 Å². The SMILES string of the molecule is CCCc1nc(COc2ccc(C)nc2CC(C)N)no1. The van der Waals surface area contributed by atoms with Crippen LogP contribution in [0.2, 0.25) is 0 Å². The molecule has 0 aromatic carbocycles. The molecule has 21 heavy (non-hydrogen) atoms. The predicted molar refractivity (Wildman–Crippen MR) is 79.0 cm³/mol. The molecule has 0 fully saturated rings. The van der Waals surface area contributed by atoms with E-state index in [-0.39, 0.29) is 12.6 Å². The third-order valence-corrected chi connectivity index (χ3v) is 2.92. The fraction of sp³-hybridized carbons (Fsp3) is 0.533. The number of aryl methyl sites for hydroxylation is 2. The van der Waals surface area contributed by atoms with Gasteiger partial charge in [0.2, 0.25) is 11.7 Å². The second kappa shape index (κ2) is 7.17. The molecule has 1 atom stereocenters. The summed E-state index contributed by atoms with van der Waals surface area (Å²) in [6.07, 6.45) is 2.43. The minimum atomic E-state index is 0.0305. The number of nitrogens with two attached hydrogens (primary N) is 1. The van der Waals surface area contributed by atoms with Crippen molar-refractivity contribution in [1.82, 2.24) is 15.1 Å². The van der Waals surface area contributed by atoms with E-state index in [4.69, 9.17) is 15.0 Å². The highest BCUT2D eigenvalue weighted by Gasteiger charge is 2.11. The minimum Gasteiger partial charge on any atom is -0.484 e. The quantitative estimate of drug-likeness (QED) is 0.841. The molecular weight excluding hydrogens is 268 g/mol. The normalized spacial score (nSPS) is 12.4. The Morgan fingerprint density at radius 2 is 2.14 bits per heavy atom. The number of aromatic nitrogens is 3. The third kappa shape index (κ3) is 4.53. The topological polar surface area (TPSA) is 87.1 Å². The first-order valence-corrected chi connectivity index (χ1v) is 7.24. The van der Waals surface area contributed by atoms with Crippen molar-refractivity contribution in [2.24, 2.45) is 5.73 Å². The Morgan fingerprint density at radius 3 is 2.86 bits per heavy atom. The Kier molecular flexibility index (Phi) is 5.27. The summed E-state index contributed by atoms with van der Waals surface area (Å²) in [7, 11) is 0. The van der Waals surface area contributed by atoms with Crippen LogP contribution in [0, 0.1) is 6.92 Å². The van der Waals surface area contributed by atoms with Gasteiger partial charge in [0.05, 0.1) is 5.69 Å². The maximum Gasteiger partial charge on any atom is 0.226 e. The van der Waals surface area contributed by atoms with Crippen LogP contribution in [-0.2, 0) is 19.4 Å². The van der Waals surface area contributed by atoms with E-state index in [1.54, 1.807) is 0 Å². The van der Waals surface area contributed by atoms with Crippen molar-refractivity contribution in [2.75, 3.05) is 0 Å². The molecule has 0 spiro atoms. The van der Waals surface area contributed by atoms with Crippen molar-refractivity contribution < 1.29 is 9.26 Å². The summed E-state index contributed by atoms with van der Waals surface area (Å²) in [5.41, 5.74) is 7.66. The number of ether oxygens (including phenoxy) is 1. The molecule has 0 amide bonds. The van der Waals surface area contributed by atoms with E-state index in [9.17, 15) is 0 Å². The second-order valence-electron chi connectivity index (χ2n) is 5.22. The van der Waals surface area contributed by atoms with Gasteiger partial charge >= 0.3 is 0 Å². The Morgan fingerprint density at radius 1 is 1.33 bits per heavy atom. The predicted octanol–water partition coefficient (Wildman–Crippen LogP) is 2.19. The van der Waals surface area contributed by atoms with Gasteiger partial charge in [-0.3, -0.25) is 4.98 Å². The van der Waals surface area contributed by atoms with Crippen LogP contribution in [0.1, 0.15) is 43.4 Å². The maximum absolute atomic E-state index is 5.85. The number of hydrogen-bond acceptors (Lipinski definition) is 6. The zero-order valence-electron chi connectivity index (χ0n) is 12.8. The molecule has 2 heterocycles. The fourth-order valence-electron chi connectivity index (χ4n) is 1.99. The molecule has 114 valence electrons. The highest BCUT2D eigenvalue weighted by molar-refractivity contribution is 5.30. The van der Waals surface area contributed by atoms with Gasteiger partial charge in [-0.05, 0) is 32.4 Å². The van der Waals surface area contributed by atoms with E-state index >= 15 is 0 Å². The van der Waals surface area contributed by atoms with Crippen LogP contribution >= 0.6 is 0 Å². The van der Waals surface area contributed by atoms with Crippen molar-refractivity contribution >= 4 is 0 Å². The Balaban J connectivity index is 2.04. The van der Waals surface area contributed by atoms with Crippen LogP contribution in [0.5, 0.6) is 5.75 Å². The standard InChI is InChI=1S/C15H22N4O2/c1-4-5-15-18-14(19-21-15)9-20-13-7-6-11(3)17-12(13)8-10(2)16/h6-7,10H,4-5,8-9,16H2,1-3H3. The molecule has 0 radical (unpaired) electrons. The van der Waals surface area contributed by atoms with Gasteiger partial charge in [0.15, 0.2) is 6.61 Å². The van der Waals surface area contributed by atoms with Crippen molar-refractivity contribution in [1.29, 1.82) is 0 Å². The van der Waals surface area contributed by atoms with Gasteiger partial charge in [0.25, 0.3) is 0 Å². The fourth-order valence-corrected chi connectivity index (χ4v) is 1.99. The molecule has 6 nitrogen and oxygen atoms in total. The summed E-state index contributed by atoms with van der Waals surface area (Å²) >= 11 is 0. The average Bonchev–Trinajstić information content (AvgIpc) is 2.85. The highest BCUT2D eigenvalue weighted by atomic mass is 16.5. The van der Waals surface area contributed by atoms with Crippen LogP contribution in [-0.4, -0.2) is 21.2 Å². The van der Waals surface area contributed by atoms with Gasteiger partial charge in [-0.25, -0.2) is 0 Å². The number of nitrogens with zero attached hydrogens (tertiary/aromatic N) is 3. The first-order chi connectivity index (χ1) is 10.1. The lowest BCUT2D eigenvalue weighted by Gasteiger charge is -2.11. The Bertz CT molecular complexity index is 581. The van der Waals surface area contributed by atoms with Crippen LogP contribution in [0.25, 0.3) is 0 Å². The average molecular weight is 290 g/mol. The van der Waals surface area contributed by atoms with Gasteiger partial charge in [0.1, 0.15) is 5.75 Å². The zero-order chi connectivity index (χ0) is 15.2. The van der Waals surface area contributed by atoms with Crippen molar-refractivity contribution in [3.8, 4) is 5.75 Å². The summed E-state index contributed by atoms with van der Waals surface area (Å²) in [6.45, 7) is 6.23. The number of pyridine rings is 1. The Hall–Kier alpha value is -1.95. The van der Waals surface area contributed by atoms with E-state index in [0.29, 0.717) is 18.1 Å². The summed E-state index contributed by atoms with van der Waals surface area (Å²) in [6, 6.07) is 3.86. The minimum absolute atomic E-state index is 0.0305. The molecule has 2 rings (SSSR count). The third-order valence-electron chi connectivity index (χ3n) is 2.92. The van der Waals surface area contributed by atoms with E-state index in [1.165, 1.54) is 0 Å². The lowest BCUT2D eigenvalue weighted by molar-refractivity contribution is 0.280. The molecule has 0 saturated heterocycles. The van der Waals surface area contributed by atoms with E-state index in [1.807, 2.05) is 26.0 Å². The van der Waals surface area contributed by atoms with Gasteiger partial charge < -0.3 is 15.0 Å². The summed E-state index contributed by atoms with van der Waals surface area (Å²) in [5, 5.41) is 3.90. The molecule has 0 bridgehead atoms. The Labute approximate surface area is 124 Å². The number of hydrogen-bond donors (Lipinski definition) is 1. The molecule has 2 aromatic heterocycles. The van der Waals surface area contributed by atoms with Crippen molar-refractivity contribution in [2.45, 2.75) is 52.7 Å². The first kappa shape index (κ1) is 15.4. The molecule has 6 heteroatoms. The molecule has 0 saturated carbocycles. The zero-order valence-corrected chi connectivity index (χ0v) is 12.8. The summed E-state index contributed by atoms with van der Waals surface area (Å²) < 4.78 is 10.9. The monoisotopic (exact) mass is 290 g/mol. The molecule has 0 aliphatic rings. The van der Waals surface area contributed by atoms with Crippen LogP contribution < -0.4 is 10.5 Å². The smallest absolute Gasteiger partial charge is 0.226 e. The van der Waals surface area contributed by atoms with Gasteiger partial charge in [0, 0.05) is 24.6 Å². The van der Waals surface area contributed by atoms with Gasteiger partial charge in [-0.2, -0.15) is 4.98 Å². The summed E-state index contributed by atoms with van der Waals surface area (Å²) in [4.78, 5) is 8.77. The summed E-state index contributed by atoms with van der Waals surface area (Å²) in [5.74, 6) is 1.92. The molecule has 0 aliphatic carbocycles. The largest absolute Gasteiger partial charge is 0.484 e. The first-order valence-electron chi connectivity index (χ1n) is 7.24. The van der Waals surface area contributed by atoms with E-state index in [2.05, 4.69) is 22.0 Å². The maximum atomic E-state index is 5.85. The molecule has 0 aliphatic heterocycles. The van der Waals surface area contributed by atoms with Crippen molar-refractivity contribution in [3.63, 3.8) is 0 Å². The molecule has 2 N–H and O–H groups in total. The molecule has 2 aromatic rings. The number of rotatable bonds is 7. The van der Waals surface area contributed by atoms with Crippen LogP contribution in [0.4, 0.5) is 0 Å². The van der Waals surface area contributed by atoms with Crippen LogP contribution in [0.15, 0.2) is 16.7 Å². The molecule has 1 unspecified atom stereocenters. The second-order valence-corrected chi connectivity index (χ2v) is 5.22. The van der Waals surface area contributed by atoms with Gasteiger partial charge in [-0.1, -0.05) is 12.1 Å². The highest BCUT2D eigenvalue weighted by Crippen LogP contribution is 2.19. The van der Waals surface area contributed by atoms with E-state index < -0.39 is 0 Å². The lowest BCUT2D eigenvalue weighted by atomic mass is 10.1. The lowest BCUT2D eigenvalue weighted by Crippen LogP contribution is -2.19. The van der Waals surface area contributed by atoms with E-state index in [0.717, 1.165) is 30.0 Å².